The summed E-state index contributed by atoms with van der Waals surface area (Å²) in [6.45, 7) is 5.27. The van der Waals surface area contributed by atoms with Crippen LogP contribution in [0.2, 0.25) is 0 Å². The van der Waals surface area contributed by atoms with E-state index in [1.807, 2.05) is 62.4 Å². The number of thiazole rings is 1. The highest BCUT2D eigenvalue weighted by atomic mass is 32.1. The van der Waals surface area contributed by atoms with E-state index < -0.39 is 0 Å². The van der Waals surface area contributed by atoms with E-state index in [0.29, 0.717) is 24.8 Å². The van der Waals surface area contributed by atoms with E-state index in [1.54, 1.807) is 4.90 Å². The molecule has 0 saturated carbocycles. The number of nitrogens with zero attached hydrogens (tertiary/aromatic N) is 4. The van der Waals surface area contributed by atoms with Crippen LogP contribution >= 0.6 is 11.3 Å². The fourth-order valence-electron chi connectivity index (χ4n) is 3.33. The van der Waals surface area contributed by atoms with Crippen molar-refractivity contribution in [3.63, 3.8) is 0 Å². The Morgan fingerprint density at radius 2 is 1.91 bits per heavy atom. The second-order valence-corrected chi connectivity index (χ2v) is 8.22. The first-order chi connectivity index (χ1) is 15.6. The van der Waals surface area contributed by atoms with Crippen LogP contribution in [-0.4, -0.2) is 27.3 Å². The van der Waals surface area contributed by atoms with Gasteiger partial charge in [-0.2, -0.15) is 5.10 Å². The van der Waals surface area contributed by atoms with Crippen molar-refractivity contribution in [1.29, 1.82) is 0 Å². The van der Waals surface area contributed by atoms with E-state index >= 15 is 0 Å². The molecule has 164 valence electrons. The molecule has 8 heteroatoms. The fraction of sp³-hybridized carbons (Fsp3) is 0.250. The zero-order valence-electron chi connectivity index (χ0n) is 18.0. The maximum absolute atomic E-state index is 13.6. The zero-order valence-corrected chi connectivity index (χ0v) is 18.8. The maximum Gasteiger partial charge on any atom is 0.280 e. The second-order valence-electron chi connectivity index (χ2n) is 7.22. The number of anilines is 1. The van der Waals surface area contributed by atoms with E-state index in [2.05, 4.69) is 5.10 Å². The lowest BCUT2D eigenvalue weighted by Gasteiger charge is -2.20. The van der Waals surface area contributed by atoms with Gasteiger partial charge in [0.15, 0.2) is 5.13 Å². The molecule has 4 aromatic rings. The lowest BCUT2D eigenvalue weighted by molar-refractivity contribution is 0.0977. The Labute approximate surface area is 189 Å². The van der Waals surface area contributed by atoms with Gasteiger partial charge in [0.25, 0.3) is 11.5 Å². The van der Waals surface area contributed by atoms with Crippen LogP contribution in [0.1, 0.15) is 36.3 Å². The number of ether oxygens (including phenoxy) is 1. The third-order valence-corrected chi connectivity index (χ3v) is 5.88. The summed E-state index contributed by atoms with van der Waals surface area (Å²) in [6.07, 6.45) is 0.748. The molecular weight excluding hydrogens is 424 g/mol. The molecule has 1 amide bonds. The Bertz CT molecular complexity index is 1280. The SMILES string of the molecule is CCCn1nc(C(=O)N(Cc2ccccc2)c2nc3ccc(OCC)cc3s2)ccc1=O. The monoisotopic (exact) mass is 448 g/mol. The van der Waals surface area contributed by atoms with Gasteiger partial charge < -0.3 is 4.74 Å². The fourth-order valence-corrected chi connectivity index (χ4v) is 4.32. The van der Waals surface area contributed by atoms with Crippen molar-refractivity contribution in [1.82, 2.24) is 14.8 Å². The molecule has 0 aliphatic heterocycles. The third kappa shape index (κ3) is 4.70. The number of rotatable bonds is 8. The Morgan fingerprint density at radius 3 is 2.66 bits per heavy atom. The minimum absolute atomic E-state index is 0.211. The first-order valence-corrected chi connectivity index (χ1v) is 11.4. The number of carbonyl (C=O) groups is 1. The number of aromatic nitrogens is 3. The predicted molar refractivity (Wildman–Crippen MR) is 127 cm³/mol. The average molecular weight is 449 g/mol. The van der Waals surface area contributed by atoms with E-state index in [4.69, 9.17) is 9.72 Å². The first kappa shape index (κ1) is 21.7. The number of hydrogen-bond acceptors (Lipinski definition) is 6. The minimum Gasteiger partial charge on any atom is -0.494 e. The second kappa shape index (κ2) is 9.74. The van der Waals surface area contributed by atoms with Gasteiger partial charge in [0.2, 0.25) is 0 Å². The standard InChI is InChI=1S/C24H24N4O3S/c1-3-14-28-22(29)13-12-20(26-28)23(30)27(16-17-8-6-5-7-9-17)24-25-19-11-10-18(31-4-2)15-21(19)32-24/h5-13,15H,3-4,14,16H2,1-2H3. The highest BCUT2D eigenvalue weighted by Crippen LogP contribution is 2.33. The van der Waals surface area contributed by atoms with E-state index in [-0.39, 0.29) is 17.2 Å². The molecule has 0 radical (unpaired) electrons. The summed E-state index contributed by atoms with van der Waals surface area (Å²) < 4.78 is 7.86. The Kier molecular flexibility index (Phi) is 6.61. The molecule has 0 aliphatic rings. The summed E-state index contributed by atoms with van der Waals surface area (Å²) >= 11 is 1.42. The molecule has 0 atom stereocenters. The van der Waals surface area contributed by atoms with Gasteiger partial charge in [0.05, 0.1) is 23.4 Å². The summed E-state index contributed by atoms with van der Waals surface area (Å²) in [5.41, 5.74) is 1.75. The number of hydrogen-bond donors (Lipinski definition) is 0. The van der Waals surface area contributed by atoms with E-state index in [0.717, 1.165) is 28.0 Å². The number of amides is 1. The summed E-state index contributed by atoms with van der Waals surface area (Å²) in [7, 11) is 0. The van der Waals surface area contributed by atoms with Crippen molar-refractivity contribution >= 4 is 32.6 Å². The third-order valence-electron chi connectivity index (χ3n) is 4.84. The van der Waals surface area contributed by atoms with Crippen LogP contribution in [0.4, 0.5) is 5.13 Å². The van der Waals surface area contributed by atoms with Crippen molar-refractivity contribution in [2.75, 3.05) is 11.5 Å². The Hall–Kier alpha value is -3.52. The molecule has 0 spiro atoms. The molecule has 2 aromatic heterocycles. The molecule has 0 N–H and O–H groups in total. The predicted octanol–water partition coefficient (Wildman–Crippen LogP) is 4.51. The van der Waals surface area contributed by atoms with Crippen molar-refractivity contribution in [2.45, 2.75) is 33.4 Å². The maximum atomic E-state index is 13.6. The van der Waals surface area contributed by atoms with Gasteiger partial charge in [-0.25, -0.2) is 9.67 Å². The van der Waals surface area contributed by atoms with Crippen LogP contribution in [0, 0.1) is 0 Å². The van der Waals surface area contributed by atoms with Gasteiger partial charge in [-0.1, -0.05) is 48.6 Å². The van der Waals surface area contributed by atoms with Crippen LogP contribution in [0.25, 0.3) is 10.2 Å². The van der Waals surface area contributed by atoms with Gasteiger partial charge >= 0.3 is 0 Å². The number of carbonyl (C=O) groups excluding carboxylic acids is 1. The average Bonchev–Trinajstić information content (AvgIpc) is 3.23. The molecule has 0 saturated heterocycles. The molecular formula is C24H24N4O3S. The molecule has 0 aliphatic carbocycles. The number of aryl methyl sites for hydroxylation is 1. The molecule has 7 nitrogen and oxygen atoms in total. The van der Waals surface area contributed by atoms with Crippen molar-refractivity contribution in [3.8, 4) is 5.75 Å². The summed E-state index contributed by atoms with van der Waals surface area (Å²) in [6, 6.07) is 18.3. The lowest BCUT2D eigenvalue weighted by Crippen LogP contribution is -2.33. The largest absolute Gasteiger partial charge is 0.494 e. The molecule has 32 heavy (non-hydrogen) atoms. The Morgan fingerprint density at radius 1 is 1.09 bits per heavy atom. The van der Waals surface area contributed by atoms with Crippen LogP contribution < -0.4 is 15.2 Å². The minimum atomic E-state index is -0.303. The molecule has 0 unspecified atom stereocenters. The van der Waals surface area contributed by atoms with Crippen molar-refractivity contribution in [2.24, 2.45) is 0 Å². The molecule has 0 bridgehead atoms. The molecule has 0 fully saturated rings. The number of benzene rings is 2. The summed E-state index contributed by atoms with van der Waals surface area (Å²) in [5, 5.41) is 4.88. The van der Waals surface area contributed by atoms with Crippen molar-refractivity contribution in [3.05, 3.63) is 82.3 Å². The van der Waals surface area contributed by atoms with Gasteiger partial charge in [-0.05, 0) is 43.2 Å². The molecule has 2 aromatic carbocycles. The van der Waals surface area contributed by atoms with Crippen LogP contribution in [0.5, 0.6) is 5.75 Å². The Balaban J connectivity index is 1.75. The quantitative estimate of drug-likeness (QED) is 0.396. The van der Waals surface area contributed by atoms with Crippen molar-refractivity contribution < 1.29 is 9.53 Å². The van der Waals surface area contributed by atoms with Crippen LogP contribution in [0.15, 0.2) is 65.5 Å². The van der Waals surface area contributed by atoms with Gasteiger partial charge in [0, 0.05) is 12.6 Å². The molecule has 2 heterocycles. The molecule has 4 rings (SSSR count). The smallest absolute Gasteiger partial charge is 0.280 e. The first-order valence-electron chi connectivity index (χ1n) is 10.6. The summed E-state index contributed by atoms with van der Waals surface area (Å²) in [4.78, 5) is 31.9. The normalized spacial score (nSPS) is 10.9. The van der Waals surface area contributed by atoms with E-state index in [9.17, 15) is 9.59 Å². The summed E-state index contributed by atoms with van der Waals surface area (Å²) in [5.74, 6) is 0.465. The van der Waals surface area contributed by atoms with Crippen LogP contribution in [-0.2, 0) is 13.1 Å². The highest BCUT2D eigenvalue weighted by molar-refractivity contribution is 7.22. The van der Waals surface area contributed by atoms with E-state index in [1.165, 1.54) is 28.2 Å². The highest BCUT2D eigenvalue weighted by Gasteiger charge is 2.23. The zero-order chi connectivity index (χ0) is 22.5. The van der Waals surface area contributed by atoms with Gasteiger partial charge in [-0.3, -0.25) is 14.5 Å². The van der Waals surface area contributed by atoms with Gasteiger partial charge in [0.1, 0.15) is 11.4 Å². The lowest BCUT2D eigenvalue weighted by atomic mass is 10.2. The van der Waals surface area contributed by atoms with Gasteiger partial charge in [-0.15, -0.1) is 0 Å². The topological polar surface area (TPSA) is 77.3 Å². The van der Waals surface area contributed by atoms with Crippen LogP contribution in [0.3, 0.4) is 0 Å². The number of fused-ring (bicyclic) bond motifs is 1.